The van der Waals surface area contributed by atoms with Gasteiger partial charge in [-0.2, -0.15) is 0 Å². The van der Waals surface area contributed by atoms with Crippen LogP contribution in [0, 0.1) is 31.6 Å². The first kappa shape index (κ1) is 28.6. The molecule has 1 aromatic carbocycles. The van der Waals surface area contributed by atoms with Gasteiger partial charge in [0.05, 0.1) is 30.1 Å². The number of carbonyl (C=O) groups excluding carboxylic acids is 3. The van der Waals surface area contributed by atoms with E-state index in [1.807, 2.05) is 84.0 Å². The van der Waals surface area contributed by atoms with Gasteiger partial charge in [0.25, 0.3) is 5.91 Å². The smallest absolute Gasteiger partial charge is 0.253 e. The van der Waals surface area contributed by atoms with Crippen LogP contribution >= 0.6 is 0 Å². The zero-order chi connectivity index (χ0) is 29.0. The Kier molecular flexibility index (Phi) is 7.46. The van der Waals surface area contributed by atoms with Gasteiger partial charge in [-0.15, -0.1) is 0 Å². The molecule has 0 saturated carbocycles. The Morgan fingerprint density at radius 2 is 1.75 bits per heavy atom. The van der Waals surface area contributed by atoms with E-state index in [9.17, 15) is 19.5 Å². The van der Waals surface area contributed by atoms with E-state index in [0.717, 1.165) is 23.2 Å². The lowest BCUT2D eigenvalue weighted by molar-refractivity contribution is -0.151. The summed E-state index contributed by atoms with van der Waals surface area (Å²) in [4.78, 5) is 48.5. The number of benzene rings is 1. The topological polar surface area (TPSA) is 90.4 Å². The van der Waals surface area contributed by atoms with Gasteiger partial charge in [-0.1, -0.05) is 57.2 Å². The van der Waals surface area contributed by atoms with Gasteiger partial charge in [-0.3, -0.25) is 14.4 Å². The van der Waals surface area contributed by atoms with Gasteiger partial charge in [0, 0.05) is 25.3 Å². The fourth-order valence-corrected chi connectivity index (χ4v) is 7.42. The van der Waals surface area contributed by atoms with E-state index in [4.69, 9.17) is 4.74 Å². The number of ether oxygens (including phenoxy) is 1. The maximum absolute atomic E-state index is 14.7. The van der Waals surface area contributed by atoms with Gasteiger partial charge in [-0.25, -0.2) is 0 Å². The summed E-state index contributed by atoms with van der Waals surface area (Å²) in [6, 6.07) is 4.41. The lowest BCUT2D eigenvalue weighted by atomic mass is 9.74. The number of carbonyl (C=O) groups is 3. The van der Waals surface area contributed by atoms with Crippen LogP contribution in [0.5, 0.6) is 0 Å². The lowest BCUT2D eigenvalue weighted by Crippen LogP contribution is -2.59. The fourth-order valence-electron chi connectivity index (χ4n) is 7.42. The monoisotopic (exact) mass is 549 g/mol. The van der Waals surface area contributed by atoms with Gasteiger partial charge < -0.3 is 24.5 Å². The Balaban J connectivity index is 1.69. The second kappa shape index (κ2) is 10.5. The van der Waals surface area contributed by atoms with Crippen molar-refractivity contribution in [3.63, 3.8) is 0 Å². The van der Waals surface area contributed by atoms with Crippen LogP contribution in [-0.2, 0) is 19.1 Å². The standard InChI is InChI=1S/C32H43N3O5/c1-7-14-33-15-8-12-31(6)25(28(33)37)26-29(38)35(23(19-36)17-20(2)3)27-30(39)34(16-9-13-32(26,27)40-31)24-18-21(4)10-11-22(24)5/h8-13,18,20,23,25-27,36H,7,14-17,19H2,1-6H3/t23-,25+,26+,27?,31-,32+/m1/s1. The molecule has 1 N–H and O–H groups in total. The van der Waals surface area contributed by atoms with E-state index in [2.05, 4.69) is 0 Å². The fraction of sp³-hybridized carbons (Fsp3) is 0.594. The van der Waals surface area contributed by atoms with E-state index < -0.39 is 35.1 Å². The molecule has 0 bridgehead atoms. The van der Waals surface area contributed by atoms with Crippen LogP contribution in [0.2, 0.25) is 0 Å². The maximum atomic E-state index is 14.7. The Bertz CT molecular complexity index is 1260. The summed E-state index contributed by atoms with van der Waals surface area (Å²) < 4.78 is 6.92. The first-order chi connectivity index (χ1) is 19.0. The molecule has 3 amide bonds. The normalized spacial score (nSPS) is 32.4. The Morgan fingerprint density at radius 1 is 1.02 bits per heavy atom. The van der Waals surface area contributed by atoms with E-state index in [0.29, 0.717) is 26.1 Å². The second-order valence-electron chi connectivity index (χ2n) is 12.5. The molecule has 8 heteroatoms. The summed E-state index contributed by atoms with van der Waals surface area (Å²) in [5.41, 5.74) is 0.389. The van der Waals surface area contributed by atoms with Crippen LogP contribution < -0.4 is 4.90 Å². The van der Waals surface area contributed by atoms with Crippen molar-refractivity contribution in [3.05, 3.63) is 53.6 Å². The lowest BCUT2D eigenvalue weighted by Gasteiger charge is -2.40. The van der Waals surface area contributed by atoms with Crippen molar-refractivity contribution in [1.29, 1.82) is 0 Å². The van der Waals surface area contributed by atoms with Crippen LogP contribution in [-0.4, -0.2) is 82.2 Å². The molecule has 2 saturated heterocycles. The molecule has 8 nitrogen and oxygen atoms in total. The molecule has 40 heavy (non-hydrogen) atoms. The molecular weight excluding hydrogens is 506 g/mol. The third-order valence-corrected chi connectivity index (χ3v) is 9.07. The third-order valence-electron chi connectivity index (χ3n) is 9.07. The van der Waals surface area contributed by atoms with E-state index in [1.54, 1.807) is 14.7 Å². The predicted molar refractivity (Wildman–Crippen MR) is 154 cm³/mol. The highest BCUT2D eigenvalue weighted by Gasteiger charge is 2.75. The average molecular weight is 550 g/mol. The van der Waals surface area contributed by atoms with Gasteiger partial charge in [0.15, 0.2) is 0 Å². The number of aliphatic hydroxyl groups excluding tert-OH is 1. The molecule has 0 radical (unpaired) electrons. The summed E-state index contributed by atoms with van der Waals surface area (Å²) in [5, 5.41) is 10.6. The van der Waals surface area contributed by atoms with E-state index in [1.165, 1.54) is 0 Å². The molecule has 5 rings (SSSR count). The van der Waals surface area contributed by atoms with Gasteiger partial charge in [-0.05, 0) is 56.7 Å². The Labute approximate surface area is 237 Å². The quantitative estimate of drug-likeness (QED) is 0.527. The van der Waals surface area contributed by atoms with Crippen molar-refractivity contribution in [2.45, 2.75) is 77.7 Å². The number of anilines is 1. The molecule has 4 aliphatic heterocycles. The van der Waals surface area contributed by atoms with Gasteiger partial charge in [0.2, 0.25) is 11.8 Å². The number of aryl methyl sites for hydroxylation is 2. The van der Waals surface area contributed by atoms with Crippen LogP contribution in [0.1, 0.15) is 51.7 Å². The minimum absolute atomic E-state index is 0.119. The molecular formula is C32H43N3O5. The zero-order valence-corrected chi connectivity index (χ0v) is 24.6. The number of likely N-dealkylation sites (tertiary alicyclic amines) is 1. The van der Waals surface area contributed by atoms with Crippen molar-refractivity contribution in [2.24, 2.45) is 17.8 Å². The number of hydrogen-bond donors (Lipinski definition) is 1. The van der Waals surface area contributed by atoms with E-state index >= 15 is 0 Å². The number of aliphatic hydroxyl groups is 1. The molecule has 4 aliphatic rings. The average Bonchev–Trinajstić information content (AvgIpc) is 3.18. The van der Waals surface area contributed by atoms with Crippen molar-refractivity contribution in [1.82, 2.24) is 9.80 Å². The number of hydrogen-bond acceptors (Lipinski definition) is 5. The number of rotatable bonds is 7. The highest BCUT2D eigenvalue weighted by Crippen LogP contribution is 2.58. The summed E-state index contributed by atoms with van der Waals surface area (Å²) >= 11 is 0. The number of nitrogens with zero attached hydrogens (tertiary/aromatic N) is 3. The van der Waals surface area contributed by atoms with Crippen molar-refractivity contribution in [3.8, 4) is 0 Å². The zero-order valence-electron chi connectivity index (χ0n) is 24.6. The summed E-state index contributed by atoms with van der Waals surface area (Å²) in [5.74, 6) is -2.14. The summed E-state index contributed by atoms with van der Waals surface area (Å²) in [6.07, 6.45) is 8.97. The van der Waals surface area contributed by atoms with Crippen LogP contribution in [0.4, 0.5) is 5.69 Å². The molecule has 0 aromatic heterocycles. The number of fused-ring (bicyclic) bond motifs is 2. The molecule has 216 valence electrons. The highest BCUT2D eigenvalue weighted by atomic mass is 16.5. The Morgan fingerprint density at radius 3 is 2.42 bits per heavy atom. The van der Waals surface area contributed by atoms with E-state index in [-0.39, 0.29) is 30.2 Å². The second-order valence-corrected chi connectivity index (χ2v) is 12.5. The largest absolute Gasteiger partial charge is 0.394 e. The van der Waals surface area contributed by atoms with Crippen LogP contribution in [0.15, 0.2) is 42.5 Å². The van der Waals surface area contributed by atoms with Crippen LogP contribution in [0.25, 0.3) is 0 Å². The van der Waals surface area contributed by atoms with Crippen molar-refractivity contribution >= 4 is 23.4 Å². The van der Waals surface area contributed by atoms with Crippen LogP contribution in [0.3, 0.4) is 0 Å². The van der Waals surface area contributed by atoms with Gasteiger partial charge in [0.1, 0.15) is 11.6 Å². The third kappa shape index (κ3) is 4.31. The molecule has 1 aromatic rings. The summed E-state index contributed by atoms with van der Waals surface area (Å²) in [7, 11) is 0. The van der Waals surface area contributed by atoms with Crippen molar-refractivity contribution < 1.29 is 24.2 Å². The highest BCUT2D eigenvalue weighted by molar-refractivity contribution is 6.06. The first-order valence-corrected chi connectivity index (χ1v) is 14.6. The minimum Gasteiger partial charge on any atom is -0.394 e. The maximum Gasteiger partial charge on any atom is 0.253 e. The minimum atomic E-state index is -1.33. The molecule has 1 unspecified atom stereocenters. The SMILES string of the molecule is CCCN1CC=C[C@@]2(C)O[C@]34C=CCN(c5cc(C)ccc5C)C(=O)C3N([C@@H](CO)CC(C)C)C(=O)[C@@H]4[C@H]2C1=O. The number of amides is 3. The molecule has 1 spiro atoms. The van der Waals surface area contributed by atoms with Gasteiger partial charge >= 0.3 is 0 Å². The summed E-state index contributed by atoms with van der Waals surface area (Å²) in [6.45, 7) is 13.0. The predicted octanol–water partition coefficient (Wildman–Crippen LogP) is 3.39. The van der Waals surface area contributed by atoms with Crippen molar-refractivity contribution in [2.75, 3.05) is 31.1 Å². The Hall–Kier alpha value is -2.97. The molecule has 0 aliphatic carbocycles. The first-order valence-electron chi connectivity index (χ1n) is 14.6. The molecule has 4 heterocycles. The molecule has 2 fully saturated rings. The molecule has 6 atom stereocenters.